The summed E-state index contributed by atoms with van der Waals surface area (Å²) in [6.07, 6.45) is 0.580. The molecule has 5 heteroatoms. The lowest BCUT2D eigenvalue weighted by Gasteiger charge is -2.09. The Labute approximate surface area is 160 Å². The Kier molecular flexibility index (Phi) is 4.94. The third-order valence-electron chi connectivity index (χ3n) is 4.30. The normalized spacial score (nSPS) is 10.9. The molecule has 0 aliphatic heterocycles. The maximum Gasteiger partial charge on any atom is 0.224 e. The summed E-state index contributed by atoms with van der Waals surface area (Å²) in [5, 5.41) is 3.81. The molecule has 0 unspecified atom stereocenters. The molecule has 3 aromatic carbocycles. The number of amides is 1. The zero-order valence-electron chi connectivity index (χ0n) is 14.5. The minimum atomic E-state index is -0.278. The zero-order chi connectivity index (χ0) is 18.6. The Bertz CT molecular complexity index is 1070. The van der Waals surface area contributed by atoms with E-state index in [0.717, 1.165) is 26.5 Å². The van der Waals surface area contributed by atoms with E-state index in [1.165, 1.54) is 6.07 Å². The van der Waals surface area contributed by atoms with Gasteiger partial charge in [0.05, 0.1) is 15.9 Å². The molecule has 1 amide bonds. The predicted molar refractivity (Wildman–Crippen MR) is 108 cm³/mol. The van der Waals surface area contributed by atoms with Crippen LogP contribution in [0, 0.1) is 5.82 Å². The Balaban J connectivity index is 1.52. The molecule has 3 nitrogen and oxygen atoms in total. The first-order valence-corrected chi connectivity index (χ1v) is 9.50. The number of carbonyl (C=O) groups excluding carboxylic acids is 1. The fourth-order valence-electron chi connectivity index (χ4n) is 2.93. The van der Waals surface area contributed by atoms with E-state index in [1.807, 2.05) is 48.5 Å². The third kappa shape index (κ3) is 3.88. The minimum absolute atomic E-state index is 0.146. The number of aromatic nitrogens is 1. The van der Waals surface area contributed by atoms with Crippen LogP contribution in [0.3, 0.4) is 0 Å². The molecule has 0 aliphatic rings. The first-order chi connectivity index (χ1) is 13.2. The molecule has 0 saturated heterocycles. The number of halogens is 1. The summed E-state index contributed by atoms with van der Waals surface area (Å²) in [6.45, 7) is 0. The summed E-state index contributed by atoms with van der Waals surface area (Å²) in [7, 11) is 0. The average molecular weight is 376 g/mol. The minimum Gasteiger partial charge on any atom is -0.325 e. The monoisotopic (exact) mass is 376 g/mol. The van der Waals surface area contributed by atoms with Crippen LogP contribution in [0.15, 0.2) is 72.8 Å². The maximum atomic E-state index is 13.7. The lowest BCUT2D eigenvalue weighted by atomic mass is 10.1. The highest BCUT2D eigenvalue weighted by Crippen LogP contribution is 2.34. The molecule has 1 heterocycles. The first kappa shape index (κ1) is 17.4. The topological polar surface area (TPSA) is 42.0 Å². The van der Waals surface area contributed by atoms with Crippen LogP contribution in [0.1, 0.15) is 12.0 Å². The van der Waals surface area contributed by atoms with Crippen LogP contribution < -0.4 is 5.32 Å². The molecule has 0 fully saturated rings. The van der Waals surface area contributed by atoms with Crippen LogP contribution >= 0.6 is 11.3 Å². The summed E-state index contributed by atoms with van der Waals surface area (Å²) < 4.78 is 14.8. The van der Waals surface area contributed by atoms with Gasteiger partial charge >= 0.3 is 0 Å². The quantitative estimate of drug-likeness (QED) is 0.487. The predicted octanol–water partition coefficient (Wildman–Crippen LogP) is 5.67. The number of aryl methyl sites for hydroxylation is 1. The van der Waals surface area contributed by atoms with Gasteiger partial charge in [0.25, 0.3) is 0 Å². The number of nitrogens with one attached hydrogen (secondary N) is 1. The van der Waals surface area contributed by atoms with Gasteiger partial charge in [0, 0.05) is 12.0 Å². The van der Waals surface area contributed by atoms with E-state index < -0.39 is 0 Å². The number of anilines is 1. The number of para-hydroxylation sites is 2. The van der Waals surface area contributed by atoms with Crippen molar-refractivity contribution in [3.8, 4) is 10.6 Å². The van der Waals surface area contributed by atoms with E-state index in [2.05, 4.69) is 10.3 Å². The van der Waals surface area contributed by atoms with Crippen LogP contribution in [-0.2, 0) is 11.2 Å². The van der Waals surface area contributed by atoms with E-state index in [-0.39, 0.29) is 18.1 Å². The van der Waals surface area contributed by atoms with Gasteiger partial charge in [0.15, 0.2) is 0 Å². The van der Waals surface area contributed by atoms with E-state index in [4.69, 9.17) is 0 Å². The van der Waals surface area contributed by atoms with Crippen molar-refractivity contribution >= 4 is 33.1 Å². The molecule has 0 spiro atoms. The van der Waals surface area contributed by atoms with Crippen LogP contribution in [0.25, 0.3) is 20.8 Å². The fourth-order valence-corrected chi connectivity index (χ4v) is 3.93. The van der Waals surface area contributed by atoms with Gasteiger partial charge in [-0.25, -0.2) is 9.37 Å². The summed E-state index contributed by atoms with van der Waals surface area (Å²) in [6, 6.07) is 22.1. The second kappa shape index (κ2) is 7.68. The highest BCUT2D eigenvalue weighted by atomic mass is 32.1. The van der Waals surface area contributed by atoms with Crippen molar-refractivity contribution in [1.82, 2.24) is 4.98 Å². The van der Waals surface area contributed by atoms with Crippen molar-refractivity contribution in [2.75, 3.05) is 5.32 Å². The fraction of sp³-hybridized carbons (Fsp3) is 0.0909. The molecule has 4 rings (SSSR count). The third-order valence-corrected chi connectivity index (χ3v) is 5.37. The van der Waals surface area contributed by atoms with Gasteiger partial charge in [0.2, 0.25) is 5.91 Å². The molecule has 1 N–H and O–H groups in total. The van der Waals surface area contributed by atoms with Gasteiger partial charge in [-0.05, 0) is 42.3 Å². The Morgan fingerprint density at radius 1 is 0.963 bits per heavy atom. The largest absolute Gasteiger partial charge is 0.325 e. The summed E-state index contributed by atoms with van der Waals surface area (Å²) in [5.41, 5.74) is 3.10. The van der Waals surface area contributed by atoms with Crippen molar-refractivity contribution in [2.45, 2.75) is 12.8 Å². The number of rotatable bonds is 5. The zero-order valence-corrected chi connectivity index (χ0v) is 15.3. The highest BCUT2D eigenvalue weighted by Gasteiger charge is 2.13. The molecular weight excluding hydrogens is 359 g/mol. The van der Waals surface area contributed by atoms with Gasteiger partial charge in [0.1, 0.15) is 10.8 Å². The van der Waals surface area contributed by atoms with Gasteiger partial charge in [-0.15, -0.1) is 11.3 Å². The molecule has 1 aromatic heterocycles. The molecular formula is C22H17FN2OS. The van der Waals surface area contributed by atoms with Gasteiger partial charge in [-0.1, -0.05) is 42.5 Å². The lowest BCUT2D eigenvalue weighted by molar-refractivity contribution is -0.116. The summed E-state index contributed by atoms with van der Waals surface area (Å²) in [4.78, 5) is 17.1. The smallest absolute Gasteiger partial charge is 0.224 e. The van der Waals surface area contributed by atoms with Gasteiger partial charge < -0.3 is 5.32 Å². The van der Waals surface area contributed by atoms with Crippen molar-refractivity contribution in [2.24, 2.45) is 0 Å². The number of nitrogens with zero attached hydrogens (tertiary/aromatic N) is 1. The van der Waals surface area contributed by atoms with Crippen molar-refractivity contribution in [3.05, 3.63) is 84.2 Å². The van der Waals surface area contributed by atoms with Crippen LogP contribution in [0.2, 0.25) is 0 Å². The number of carbonyl (C=O) groups is 1. The van der Waals surface area contributed by atoms with Crippen LogP contribution in [0.5, 0.6) is 0 Å². The Hall–Kier alpha value is -3.05. The SMILES string of the molecule is O=C(CCc1ccccc1F)Nc1ccccc1-c1nc2ccccc2s1. The Morgan fingerprint density at radius 2 is 1.70 bits per heavy atom. The number of fused-ring (bicyclic) bond motifs is 1. The summed E-state index contributed by atoms with van der Waals surface area (Å²) >= 11 is 1.59. The van der Waals surface area contributed by atoms with Gasteiger partial charge in [-0.2, -0.15) is 0 Å². The number of benzene rings is 3. The maximum absolute atomic E-state index is 13.7. The molecule has 0 atom stereocenters. The lowest BCUT2D eigenvalue weighted by Crippen LogP contribution is -2.13. The Morgan fingerprint density at radius 3 is 2.56 bits per heavy atom. The van der Waals surface area contributed by atoms with E-state index in [9.17, 15) is 9.18 Å². The van der Waals surface area contributed by atoms with E-state index >= 15 is 0 Å². The second-order valence-electron chi connectivity index (χ2n) is 6.17. The average Bonchev–Trinajstić information content (AvgIpc) is 3.12. The van der Waals surface area contributed by atoms with Crippen molar-refractivity contribution < 1.29 is 9.18 Å². The second-order valence-corrected chi connectivity index (χ2v) is 7.20. The molecule has 0 radical (unpaired) electrons. The molecule has 0 bridgehead atoms. The van der Waals surface area contributed by atoms with Crippen LogP contribution in [-0.4, -0.2) is 10.9 Å². The van der Waals surface area contributed by atoms with Crippen LogP contribution in [0.4, 0.5) is 10.1 Å². The molecule has 4 aromatic rings. The number of thiazole rings is 1. The summed E-state index contributed by atoms with van der Waals surface area (Å²) in [5.74, 6) is -0.424. The highest BCUT2D eigenvalue weighted by molar-refractivity contribution is 7.21. The van der Waals surface area contributed by atoms with Gasteiger partial charge in [-0.3, -0.25) is 4.79 Å². The number of hydrogen-bond acceptors (Lipinski definition) is 3. The van der Waals surface area contributed by atoms with Crippen molar-refractivity contribution in [3.63, 3.8) is 0 Å². The molecule has 27 heavy (non-hydrogen) atoms. The van der Waals surface area contributed by atoms with Crippen molar-refractivity contribution in [1.29, 1.82) is 0 Å². The number of hydrogen-bond donors (Lipinski definition) is 1. The first-order valence-electron chi connectivity index (χ1n) is 8.69. The molecule has 0 saturated carbocycles. The standard InChI is InChI=1S/C22H17FN2OS/c23-17-9-3-1-7-15(17)13-14-21(26)24-18-10-4-2-8-16(18)22-25-19-11-5-6-12-20(19)27-22/h1-12H,13-14H2,(H,24,26). The molecule has 0 aliphatic carbocycles. The van der Waals surface area contributed by atoms with E-state index in [1.54, 1.807) is 29.5 Å². The molecule has 134 valence electrons. The van der Waals surface area contributed by atoms with E-state index in [0.29, 0.717) is 12.0 Å².